The van der Waals surface area contributed by atoms with Crippen molar-refractivity contribution in [3.8, 4) is 0 Å². The van der Waals surface area contributed by atoms with Crippen LogP contribution in [0.2, 0.25) is 0 Å². The zero-order chi connectivity index (χ0) is 13.9. The van der Waals surface area contributed by atoms with Gasteiger partial charge in [-0.3, -0.25) is 4.79 Å². The largest absolute Gasteiger partial charge is 0.392 e. The van der Waals surface area contributed by atoms with Crippen LogP contribution in [0.3, 0.4) is 0 Å². The highest BCUT2D eigenvalue weighted by molar-refractivity contribution is 7.89. The molecular weight excluding hydrogens is 254 g/mol. The van der Waals surface area contributed by atoms with E-state index in [9.17, 15) is 18.3 Å². The van der Waals surface area contributed by atoms with Crippen molar-refractivity contribution in [2.24, 2.45) is 0 Å². The number of hydrogen-bond acceptors (Lipinski definition) is 4. The molecule has 1 rings (SSSR count). The molecule has 1 unspecified atom stereocenters. The van der Waals surface area contributed by atoms with Crippen molar-refractivity contribution in [3.63, 3.8) is 0 Å². The summed E-state index contributed by atoms with van der Waals surface area (Å²) in [5.74, 6) is -0.190. The Morgan fingerprint density at radius 1 is 1.44 bits per heavy atom. The normalized spacial score (nSPS) is 13.6. The third kappa shape index (κ3) is 3.38. The van der Waals surface area contributed by atoms with E-state index in [0.29, 0.717) is 5.56 Å². The number of sulfonamides is 1. The molecule has 1 aromatic rings. The molecule has 0 spiro atoms. The lowest BCUT2D eigenvalue weighted by Gasteiger charge is -2.18. The van der Waals surface area contributed by atoms with Crippen LogP contribution in [0, 0.1) is 0 Å². The first-order valence-electron chi connectivity index (χ1n) is 5.50. The second-order valence-corrected chi connectivity index (χ2v) is 6.26. The average molecular weight is 271 g/mol. The van der Waals surface area contributed by atoms with Crippen molar-refractivity contribution >= 4 is 15.8 Å². The van der Waals surface area contributed by atoms with Crippen LogP contribution in [-0.2, 0) is 10.0 Å². The number of carbonyl (C=O) groups excluding carboxylic acids is 1. The van der Waals surface area contributed by atoms with Crippen molar-refractivity contribution in [1.82, 2.24) is 4.31 Å². The highest BCUT2D eigenvalue weighted by atomic mass is 32.2. The van der Waals surface area contributed by atoms with Gasteiger partial charge in [-0.15, -0.1) is 0 Å². The number of rotatable bonds is 5. The van der Waals surface area contributed by atoms with Crippen LogP contribution in [0.25, 0.3) is 0 Å². The third-order valence-electron chi connectivity index (χ3n) is 2.47. The Labute approximate surface area is 107 Å². The fourth-order valence-corrected chi connectivity index (χ4v) is 2.82. The number of carbonyl (C=O) groups is 1. The van der Waals surface area contributed by atoms with Crippen molar-refractivity contribution in [2.75, 3.05) is 13.6 Å². The van der Waals surface area contributed by atoms with E-state index in [2.05, 4.69) is 0 Å². The zero-order valence-electron chi connectivity index (χ0n) is 10.6. The van der Waals surface area contributed by atoms with Gasteiger partial charge in [0.1, 0.15) is 0 Å². The molecule has 0 saturated carbocycles. The Hall–Kier alpha value is -1.24. The summed E-state index contributed by atoms with van der Waals surface area (Å²) in [6.45, 7) is 2.90. The molecule has 100 valence electrons. The second kappa shape index (κ2) is 5.60. The molecule has 5 nitrogen and oxygen atoms in total. The molecule has 18 heavy (non-hydrogen) atoms. The Morgan fingerprint density at radius 2 is 2.06 bits per heavy atom. The fourth-order valence-electron chi connectivity index (χ4n) is 1.53. The lowest BCUT2D eigenvalue weighted by molar-refractivity contribution is 0.101. The van der Waals surface area contributed by atoms with Crippen molar-refractivity contribution in [2.45, 2.75) is 24.8 Å². The second-order valence-electron chi connectivity index (χ2n) is 4.22. The Morgan fingerprint density at radius 3 is 2.56 bits per heavy atom. The van der Waals surface area contributed by atoms with Gasteiger partial charge in [-0.05, 0) is 26.0 Å². The number of aliphatic hydroxyl groups excluding tert-OH is 1. The molecule has 1 N–H and O–H groups in total. The predicted molar refractivity (Wildman–Crippen MR) is 67.9 cm³/mol. The lowest BCUT2D eigenvalue weighted by atomic mass is 10.2. The van der Waals surface area contributed by atoms with Gasteiger partial charge in [-0.2, -0.15) is 4.31 Å². The van der Waals surface area contributed by atoms with Crippen molar-refractivity contribution < 1.29 is 18.3 Å². The first kappa shape index (κ1) is 14.8. The smallest absolute Gasteiger partial charge is 0.242 e. The molecule has 1 aromatic carbocycles. The summed E-state index contributed by atoms with van der Waals surface area (Å²) in [6, 6.07) is 5.87. The van der Waals surface area contributed by atoms with Crippen LogP contribution in [0.5, 0.6) is 0 Å². The fraction of sp³-hybridized carbons (Fsp3) is 0.417. The molecule has 0 aromatic heterocycles. The maximum atomic E-state index is 12.1. The van der Waals surface area contributed by atoms with E-state index in [0.717, 1.165) is 4.31 Å². The zero-order valence-corrected chi connectivity index (χ0v) is 11.4. The minimum Gasteiger partial charge on any atom is -0.392 e. The first-order valence-corrected chi connectivity index (χ1v) is 6.94. The number of Topliss-reactive ketones (excluding diaryl/α,β-unsaturated/α-hetero) is 1. The van der Waals surface area contributed by atoms with Gasteiger partial charge in [0.25, 0.3) is 0 Å². The predicted octanol–water partition coefficient (Wildman–Crippen LogP) is 0.891. The van der Waals surface area contributed by atoms with Crippen LogP contribution >= 0.6 is 0 Å². The monoisotopic (exact) mass is 271 g/mol. The van der Waals surface area contributed by atoms with Gasteiger partial charge >= 0.3 is 0 Å². The topological polar surface area (TPSA) is 74.7 Å². The summed E-state index contributed by atoms with van der Waals surface area (Å²) in [4.78, 5) is 11.3. The summed E-state index contributed by atoms with van der Waals surface area (Å²) in [6.07, 6.45) is -0.749. The van der Waals surface area contributed by atoms with Crippen molar-refractivity contribution in [3.05, 3.63) is 29.8 Å². The molecule has 0 bridgehead atoms. The van der Waals surface area contributed by atoms with Crippen LogP contribution < -0.4 is 0 Å². The Balaban J connectivity index is 3.12. The van der Waals surface area contributed by atoms with E-state index < -0.39 is 16.1 Å². The number of ketones is 1. The average Bonchev–Trinajstić information content (AvgIpc) is 2.28. The highest BCUT2D eigenvalue weighted by Crippen LogP contribution is 2.16. The van der Waals surface area contributed by atoms with Gasteiger partial charge < -0.3 is 5.11 Å². The van der Waals surface area contributed by atoms with Crippen molar-refractivity contribution in [1.29, 1.82) is 0 Å². The number of aliphatic hydroxyl groups is 1. The molecule has 0 saturated heterocycles. The molecule has 1 atom stereocenters. The summed E-state index contributed by atoms with van der Waals surface area (Å²) in [5, 5.41) is 9.22. The van der Waals surface area contributed by atoms with E-state index >= 15 is 0 Å². The molecule has 0 aliphatic rings. The van der Waals surface area contributed by atoms with Crippen LogP contribution in [0.4, 0.5) is 0 Å². The summed E-state index contributed by atoms with van der Waals surface area (Å²) < 4.78 is 25.4. The van der Waals surface area contributed by atoms with Gasteiger partial charge in [0, 0.05) is 19.2 Å². The SMILES string of the molecule is CC(=O)c1cccc(S(=O)(=O)N(C)CC(C)O)c1. The lowest BCUT2D eigenvalue weighted by Crippen LogP contribution is -2.33. The molecule has 0 aliphatic heterocycles. The summed E-state index contributed by atoms with van der Waals surface area (Å²) in [5.41, 5.74) is 0.349. The maximum absolute atomic E-state index is 12.1. The molecule has 0 radical (unpaired) electrons. The summed E-state index contributed by atoms with van der Waals surface area (Å²) >= 11 is 0. The molecule has 0 aliphatic carbocycles. The number of likely N-dealkylation sites (N-methyl/N-ethyl adjacent to an activating group) is 1. The minimum atomic E-state index is -3.67. The van der Waals surface area contributed by atoms with E-state index in [1.165, 1.54) is 39.1 Å². The van der Waals surface area contributed by atoms with E-state index in [-0.39, 0.29) is 17.2 Å². The van der Waals surface area contributed by atoms with Gasteiger partial charge in [0.05, 0.1) is 11.0 Å². The van der Waals surface area contributed by atoms with Crippen LogP contribution in [-0.4, -0.2) is 43.3 Å². The number of hydrogen-bond donors (Lipinski definition) is 1. The third-order valence-corrected chi connectivity index (χ3v) is 4.29. The van der Waals surface area contributed by atoms with Crippen LogP contribution in [0.1, 0.15) is 24.2 Å². The standard InChI is InChI=1S/C12H17NO4S/c1-9(14)8-13(3)18(16,17)12-6-4-5-11(7-12)10(2)15/h4-7,9,14H,8H2,1-3H3. The van der Waals surface area contributed by atoms with E-state index in [4.69, 9.17) is 0 Å². The number of nitrogens with zero attached hydrogens (tertiary/aromatic N) is 1. The van der Waals surface area contributed by atoms with Gasteiger partial charge in [0.2, 0.25) is 10.0 Å². The molecular formula is C12H17NO4S. The first-order chi connectivity index (χ1) is 8.25. The van der Waals surface area contributed by atoms with E-state index in [1.54, 1.807) is 6.07 Å². The Kier molecular flexibility index (Phi) is 4.61. The van der Waals surface area contributed by atoms with Gasteiger partial charge in [-0.25, -0.2) is 8.42 Å². The van der Waals surface area contributed by atoms with Gasteiger partial charge in [0.15, 0.2) is 5.78 Å². The molecule has 0 heterocycles. The van der Waals surface area contributed by atoms with Crippen LogP contribution in [0.15, 0.2) is 29.2 Å². The highest BCUT2D eigenvalue weighted by Gasteiger charge is 2.22. The molecule has 6 heteroatoms. The molecule has 0 fully saturated rings. The number of benzene rings is 1. The maximum Gasteiger partial charge on any atom is 0.242 e. The summed E-state index contributed by atoms with van der Waals surface area (Å²) in [7, 11) is -2.28. The quantitative estimate of drug-likeness (QED) is 0.807. The molecule has 0 amide bonds. The minimum absolute atomic E-state index is 0.00658. The van der Waals surface area contributed by atoms with E-state index in [1.807, 2.05) is 0 Å². The Bertz CT molecular complexity index is 537. The van der Waals surface area contributed by atoms with Gasteiger partial charge in [-0.1, -0.05) is 12.1 Å².